The molecule has 1 N–H and O–H groups in total. The number of methoxy groups -OCH3 is 1. The summed E-state index contributed by atoms with van der Waals surface area (Å²) in [6.07, 6.45) is 9.53. The SMILES string of the molecule is CC[C@@]1(O)CCC[C@@]12C=C[C@@H](C(=O)OC)CC2. The first-order valence-corrected chi connectivity index (χ1v) is 6.56. The van der Waals surface area contributed by atoms with Gasteiger partial charge in [-0.05, 0) is 38.5 Å². The Labute approximate surface area is 103 Å². The fraction of sp³-hybridized carbons (Fsp3) is 0.786. The van der Waals surface area contributed by atoms with Crippen LogP contribution in [0.3, 0.4) is 0 Å². The van der Waals surface area contributed by atoms with Crippen LogP contribution in [0, 0.1) is 11.3 Å². The lowest BCUT2D eigenvalue weighted by atomic mass is 9.66. The van der Waals surface area contributed by atoms with Gasteiger partial charge in [-0.1, -0.05) is 19.1 Å². The minimum atomic E-state index is -0.565. The van der Waals surface area contributed by atoms with Crippen LogP contribution in [0.1, 0.15) is 45.4 Å². The number of aliphatic hydroxyl groups is 1. The predicted octanol–water partition coefficient (Wildman–Crippen LogP) is 2.44. The molecule has 0 unspecified atom stereocenters. The van der Waals surface area contributed by atoms with Crippen LogP contribution in [0.25, 0.3) is 0 Å². The van der Waals surface area contributed by atoms with E-state index < -0.39 is 5.60 Å². The lowest BCUT2D eigenvalue weighted by Gasteiger charge is -2.42. The lowest BCUT2D eigenvalue weighted by molar-refractivity contribution is -0.144. The van der Waals surface area contributed by atoms with Gasteiger partial charge in [-0.15, -0.1) is 0 Å². The first kappa shape index (κ1) is 12.6. The molecule has 17 heavy (non-hydrogen) atoms. The number of hydrogen-bond donors (Lipinski definition) is 1. The molecule has 0 aromatic rings. The van der Waals surface area contributed by atoms with Crippen molar-refractivity contribution in [2.75, 3.05) is 7.11 Å². The van der Waals surface area contributed by atoms with Gasteiger partial charge in [-0.2, -0.15) is 0 Å². The van der Waals surface area contributed by atoms with E-state index >= 15 is 0 Å². The number of carbonyl (C=O) groups excluding carboxylic acids is 1. The van der Waals surface area contributed by atoms with Gasteiger partial charge in [0.25, 0.3) is 0 Å². The number of esters is 1. The van der Waals surface area contributed by atoms with E-state index in [0.29, 0.717) is 0 Å². The van der Waals surface area contributed by atoms with Gasteiger partial charge in [-0.3, -0.25) is 4.79 Å². The minimum absolute atomic E-state index is 0.0910. The number of hydrogen-bond acceptors (Lipinski definition) is 3. The number of rotatable bonds is 2. The third-order valence-corrected chi connectivity index (χ3v) is 4.78. The molecule has 0 aromatic carbocycles. The van der Waals surface area contributed by atoms with Crippen LogP contribution < -0.4 is 0 Å². The van der Waals surface area contributed by atoms with Crippen LogP contribution in [0.15, 0.2) is 12.2 Å². The Hall–Kier alpha value is -0.830. The van der Waals surface area contributed by atoms with E-state index in [1.165, 1.54) is 7.11 Å². The van der Waals surface area contributed by atoms with E-state index in [-0.39, 0.29) is 17.3 Å². The molecule has 0 bridgehead atoms. The lowest BCUT2D eigenvalue weighted by Crippen LogP contribution is -2.44. The summed E-state index contributed by atoms with van der Waals surface area (Å²) in [6, 6.07) is 0. The van der Waals surface area contributed by atoms with Gasteiger partial charge < -0.3 is 9.84 Å². The monoisotopic (exact) mass is 238 g/mol. The molecule has 0 aliphatic heterocycles. The molecule has 3 atom stereocenters. The molecule has 1 spiro atoms. The Morgan fingerprint density at radius 1 is 1.47 bits per heavy atom. The van der Waals surface area contributed by atoms with E-state index in [1.54, 1.807) is 0 Å². The summed E-state index contributed by atoms with van der Waals surface area (Å²) < 4.78 is 4.77. The van der Waals surface area contributed by atoms with E-state index in [1.807, 2.05) is 13.0 Å². The molecule has 3 heteroatoms. The third-order valence-electron chi connectivity index (χ3n) is 4.78. The summed E-state index contributed by atoms with van der Waals surface area (Å²) in [6.45, 7) is 2.05. The first-order valence-electron chi connectivity index (χ1n) is 6.56. The molecule has 1 saturated carbocycles. The topological polar surface area (TPSA) is 46.5 Å². The average molecular weight is 238 g/mol. The van der Waals surface area contributed by atoms with Crippen molar-refractivity contribution in [3.63, 3.8) is 0 Å². The van der Waals surface area contributed by atoms with Crippen LogP contribution in [0.4, 0.5) is 0 Å². The van der Waals surface area contributed by atoms with E-state index in [4.69, 9.17) is 4.74 Å². The minimum Gasteiger partial charge on any atom is -0.469 e. The second-order valence-corrected chi connectivity index (χ2v) is 5.42. The van der Waals surface area contributed by atoms with Crippen LogP contribution in [-0.4, -0.2) is 23.8 Å². The highest BCUT2D eigenvalue weighted by Gasteiger charge is 2.52. The van der Waals surface area contributed by atoms with Crippen LogP contribution in [-0.2, 0) is 9.53 Å². The second-order valence-electron chi connectivity index (χ2n) is 5.42. The molecule has 0 aromatic heterocycles. The van der Waals surface area contributed by atoms with E-state index in [9.17, 15) is 9.90 Å². The van der Waals surface area contributed by atoms with Crippen LogP contribution >= 0.6 is 0 Å². The zero-order valence-electron chi connectivity index (χ0n) is 10.7. The molecular weight excluding hydrogens is 216 g/mol. The van der Waals surface area contributed by atoms with Crippen molar-refractivity contribution < 1.29 is 14.6 Å². The predicted molar refractivity (Wildman–Crippen MR) is 65.4 cm³/mol. The van der Waals surface area contributed by atoms with E-state index in [0.717, 1.165) is 38.5 Å². The molecule has 2 rings (SSSR count). The molecule has 3 nitrogen and oxygen atoms in total. The maximum absolute atomic E-state index is 11.5. The summed E-state index contributed by atoms with van der Waals surface area (Å²) in [5.41, 5.74) is -0.656. The highest BCUT2D eigenvalue weighted by Crippen LogP contribution is 2.54. The Morgan fingerprint density at radius 2 is 2.24 bits per heavy atom. The summed E-state index contributed by atoms with van der Waals surface area (Å²) in [4.78, 5) is 11.5. The molecule has 0 radical (unpaired) electrons. The Bertz CT molecular complexity index is 336. The van der Waals surface area contributed by atoms with Crippen molar-refractivity contribution in [2.45, 2.75) is 51.0 Å². The maximum atomic E-state index is 11.5. The zero-order valence-corrected chi connectivity index (χ0v) is 10.7. The first-order chi connectivity index (χ1) is 8.07. The summed E-state index contributed by atoms with van der Waals surface area (Å²) in [5, 5.41) is 10.7. The molecule has 0 amide bonds. The molecule has 0 heterocycles. The normalized spacial score (nSPS) is 40.8. The van der Waals surface area contributed by atoms with Crippen molar-refractivity contribution in [3.05, 3.63) is 12.2 Å². The Morgan fingerprint density at radius 3 is 2.76 bits per heavy atom. The van der Waals surface area contributed by atoms with Gasteiger partial charge in [-0.25, -0.2) is 0 Å². The van der Waals surface area contributed by atoms with Crippen LogP contribution in [0.2, 0.25) is 0 Å². The highest BCUT2D eigenvalue weighted by molar-refractivity contribution is 5.74. The molecule has 0 saturated heterocycles. The van der Waals surface area contributed by atoms with Crippen molar-refractivity contribution in [1.82, 2.24) is 0 Å². The van der Waals surface area contributed by atoms with Gasteiger partial charge in [0.1, 0.15) is 0 Å². The van der Waals surface area contributed by atoms with E-state index in [2.05, 4.69) is 6.08 Å². The third kappa shape index (κ3) is 1.90. The Balaban J connectivity index is 2.18. The van der Waals surface area contributed by atoms with Gasteiger partial charge in [0.05, 0.1) is 18.6 Å². The van der Waals surface area contributed by atoms with Gasteiger partial charge in [0, 0.05) is 5.41 Å². The average Bonchev–Trinajstić information content (AvgIpc) is 2.68. The molecule has 2 aliphatic carbocycles. The molecule has 96 valence electrons. The second kappa shape index (κ2) is 4.45. The van der Waals surface area contributed by atoms with Crippen LogP contribution in [0.5, 0.6) is 0 Å². The number of carbonyl (C=O) groups is 1. The van der Waals surface area contributed by atoms with Crippen molar-refractivity contribution >= 4 is 5.97 Å². The van der Waals surface area contributed by atoms with Gasteiger partial charge >= 0.3 is 5.97 Å². The maximum Gasteiger partial charge on any atom is 0.312 e. The summed E-state index contributed by atoms with van der Waals surface area (Å²) in [5.74, 6) is -0.276. The summed E-state index contributed by atoms with van der Waals surface area (Å²) >= 11 is 0. The number of ether oxygens (including phenoxy) is 1. The van der Waals surface area contributed by atoms with Crippen molar-refractivity contribution in [2.24, 2.45) is 11.3 Å². The largest absolute Gasteiger partial charge is 0.469 e. The van der Waals surface area contributed by atoms with Crippen molar-refractivity contribution in [1.29, 1.82) is 0 Å². The molecule has 1 fully saturated rings. The van der Waals surface area contributed by atoms with Gasteiger partial charge in [0.2, 0.25) is 0 Å². The van der Waals surface area contributed by atoms with Gasteiger partial charge in [0.15, 0.2) is 0 Å². The zero-order chi connectivity index (χ0) is 12.5. The quantitative estimate of drug-likeness (QED) is 0.593. The molecular formula is C14H22O3. The van der Waals surface area contributed by atoms with Crippen molar-refractivity contribution in [3.8, 4) is 0 Å². The smallest absolute Gasteiger partial charge is 0.312 e. The fourth-order valence-electron chi connectivity index (χ4n) is 3.54. The summed E-state index contributed by atoms with van der Waals surface area (Å²) in [7, 11) is 1.43. The standard InChI is InChI=1S/C14H22O3/c1-3-14(16)8-4-7-13(14)9-5-11(6-10-13)12(15)17-2/h5,9,11,16H,3-4,6-8,10H2,1-2H3/t11-,13+,14-/m1/s1. The fourth-order valence-corrected chi connectivity index (χ4v) is 3.54. The molecule has 2 aliphatic rings. The highest BCUT2D eigenvalue weighted by atomic mass is 16.5. The Kier molecular flexibility index (Phi) is 3.30.